The third-order valence-electron chi connectivity index (χ3n) is 3.04. The van der Waals surface area contributed by atoms with Crippen LogP contribution >= 0.6 is 0 Å². The quantitative estimate of drug-likeness (QED) is 0.931. The van der Waals surface area contributed by atoms with Crippen molar-refractivity contribution in [3.05, 3.63) is 47.4 Å². The molecular formula is C16H21N3O. The Kier molecular flexibility index (Phi) is 3.93. The van der Waals surface area contributed by atoms with Gasteiger partial charge in [-0.25, -0.2) is 4.98 Å². The number of benzene rings is 1. The van der Waals surface area contributed by atoms with Gasteiger partial charge in [0.05, 0.1) is 18.1 Å². The zero-order chi connectivity index (χ0) is 14.8. The van der Waals surface area contributed by atoms with Crippen LogP contribution in [0.4, 0.5) is 5.82 Å². The van der Waals surface area contributed by atoms with Gasteiger partial charge in [-0.2, -0.15) is 0 Å². The van der Waals surface area contributed by atoms with Crippen LogP contribution in [0.1, 0.15) is 37.6 Å². The fourth-order valence-corrected chi connectivity index (χ4v) is 1.95. The van der Waals surface area contributed by atoms with E-state index < -0.39 is 0 Å². The number of anilines is 1. The first-order chi connectivity index (χ1) is 9.36. The number of ether oxygens (including phenoxy) is 1. The molecule has 1 heterocycles. The third kappa shape index (κ3) is 3.47. The summed E-state index contributed by atoms with van der Waals surface area (Å²) < 4.78 is 5.90. The van der Waals surface area contributed by atoms with Crippen LogP contribution in [-0.4, -0.2) is 9.97 Å². The highest BCUT2D eigenvalue weighted by Crippen LogP contribution is 2.32. The summed E-state index contributed by atoms with van der Waals surface area (Å²) in [6.07, 6.45) is 3.18. The molecule has 0 radical (unpaired) electrons. The Morgan fingerprint density at radius 3 is 2.50 bits per heavy atom. The van der Waals surface area contributed by atoms with Crippen molar-refractivity contribution >= 4 is 5.82 Å². The maximum Gasteiger partial charge on any atom is 0.141 e. The van der Waals surface area contributed by atoms with Gasteiger partial charge in [0.2, 0.25) is 0 Å². The van der Waals surface area contributed by atoms with Crippen LogP contribution in [0.2, 0.25) is 0 Å². The first kappa shape index (κ1) is 14.3. The first-order valence-corrected chi connectivity index (χ1v) is 6.66. The molecule has 106 valence electrons. The van der Waals surface area contributed by atoms with Crippen molar-refractivity contribution in [3.8, 4) is 5.75 Å². The fraction of sp³-hybridized carbons (Fsp3) is 0.375. The summed E-state index contributed by atoms with van der Waals surface area (Å²) in [7, 11) is 0. The average molecular weight is 271 g/mol. The van der Waals surface area contributed by atoms with Gasteiger partial charge < -0.3 is 10.5 Å². The smallest absolute Gasteiger partial charge is 0.141 e. The largest absolute Gasteiger partial charge is 0.487 e. The van der Waals surface area contributed by atoms with Crippen molar-refractivity contribution in [1.82, 2.24) is 9.97 Å². The molecule has 2 rings (SSSR count). The highest BCUT2D eigenvalue weighted by Gasteiger charge is 2.19. The van der Waals surface area contributed by atoms with E-state index in [0.717, 1.165) is 11.4 Å². The molecule has 4 nitrogen and oxygen atoms in total. The molecule has 1 aromatic carbocycles. The molecule has 0 aliphatic carbocycles. The number of aromatic nitrogens is 2. The highest BCUT2D eigenvalue weighted by atomic mass is 16.5. The normalized spacial score (nSPS) is 11.4. The lowest BCUT2D eigenvalue weighted by atomic mass is 9.85. The maximum absolute atomic E-state index is 5.90. The second kappa shape index (κ2) is 5.49. The lowest BCUT2D eigenvalue weighted by Gasteiger charge is -2.23. The van der Waals surface area contributed by atoms with E-state index in [1.54, 1.807) is 12.4 Å². The monoisotopic (exact) mass is 271 g/mol. The molecule has 0 aliphatic heterocycles. The summed E-state index contributed by atoms with van der Waals surface area (Å²) in [6.45, 7) is 9.01. The fourth-order valence-electron chi connectivity index (χ4n) is 1.95. The minimum absolute atomic E-state index is 0.0359. The van der Waals surface area contributed by atoms with Gasteiger partial charge in [0.25, 0.3) is 0 Å². The van der Waals surface area contributed by atoms with Crippen LogP contribution in [0.5, 0.6) is 5.75 Å². The van der Waals surface area contributed by atoms with E-state index >= 15 is 0 Å². The standard InChI is InChI=1S/C16H21N3O/c1-11-5-6-14(13(7-11)16(2,3)4)20-10-12-8-19-15(17)9-18-12/h5-9H,10H2,1-4H3,(H2,17,19). The van der Waals surface area contributed by atoms with Gasteiger partial charge in [-0.05, 0) is 24.0 Å². The second-order valence-corrected chi connectivity index (χ2v) is 5.97. The average Bonchev–Trinajstić information content (AvgIpc) is 2.38. The number of nitrogens with zero attached hydrogens (tertiary/aromatic N) is 2. The lowest BCUT2D eigenvalue weighted by Crippen LogP contribution is -2.14. The van der Waals surface area contributed by atoms with Crippen LogP contribution in [-0.2, 0) is 12.0 Å². The predicted octanol–water partition coefficient (Wildman–Crippen LogP) is 3.24. The topological polar surface area (TPSA) is 61.0 Å². The Balaban J connectivity index is 2.19. The van der Waals surface area contributed by atoms with Crippen molar-refractivity contribution in [2.75, 3.05) is 5.73 Å². The minimum Gasteiger partial charge on any atom is -0.487 e. The molecule has 0 spiro atoms. The van der Waals surface area contributed by atoms with Gasteiger partial charge in [0, 0.05) is 0 Å². The third-order valence-corrected chi connectivity index (χ3v) is 3.04. The Morgan fingerprint density at radius 2 is 1.90 bits per heavy atom. The van der Waals surface area contributed by atoms with Gasteiger partial charge >= 0.3 is 0 Å². The molecule has 0 saturated carbocycles. The van der Waals surface area contributed by atoms with Crippen molar-refractivity contribution in [2.45, 2.75) is 39.7 Å². The molecule has 0 aliphatic rings. The van der Waals surface area contributed by atoms with Gasteiger partial charge in [0.15, 0.2) is 0 Å². The number of aryl methyl sites for hydroxylation is 1. The van der Waals surface area contributed by atoms with Crippen molar-refractivity contribution < 1.29 is 4.74 Å². The molecule has 20 heavy (non-hydrogen) atoms. The molecule has 1 aromatic heterocycles. The maximum atomic E-state index is 5.90. The Hall–Kier alpha value is -2.10. The van der Waals surface area contributed by atoms with Crippen molar-refractivity contribution in [3.63, 3.8) is 0 Å². The summed E-state index contributed by atoms with van der Waals surface area (Å²) in [4.78, 5) is 8.20. The number of rotatable bonds is 3. The molecule has 0 saturated heterocycles. The summed E-state index contributed by atoms with van der Waals surface area (Å²) in [5.74, 6) is 1.31. The zero-order valence-electron chi connectivity index (χ0n) is 12.5. The van der Waals surface area contributed by atoms with Gasteiger partial charge in [-0.3, -0.25) is 4.98 Å². The van der Waals surface area contributed by atoms with Crippen LogP contribution in [0.15, 0.2) is 30.6 Å². The van der Waals surface area contributed by atoms with E-state index in [9.17, 15) is 0 Å². The van der Waals surface area contributed by atoms with E-state index in [1.165, 1.54) is 11.1 Å². The van der Waals surface area contributed by atoms with E-state index in [1.807, 2.05) is 6.07 Å². The number of nitrogen functional groups attached to an aromatic ring is 1. The van der Waals surface area contributed by atoms with Crippen LogP contribution < -0.4 is 10.5 Å². The molecule has 0 bridgehead atoms. The van der Waals surface area contributed by atoms with Crippen LogP contribution in [0.25, 0.3) is 0 Å². The van der Waals surface area contributed by atoms with Crippen molar-refractivity contribution in [1.29, 1.82) is 0 Å². The zero-order valence-corrected chi connectivity index (χ0v) is 12.5. The van der Waals surface area contributed by atoms with Crippen molar-refractivity contribution in [2.24, 2.45) is 0 Å². The Morgan fingerprint density at radius 1 is 1.15 bits per heavy atom. The second-order valence-electron chi connectivity index (χ2n) is 5.97. The SMILES string of the molecule is Cc1ccc(OCc2cnc(N)cn2)c(C(C)(C)C)c1. The van der Waals surface area contributed by atoms with Crippen LogP contribution in [0, 0.1) is 6.92 Å². The predicted molar refractivity (Wildman–Crippen MR) is 80.7 cm³/mol. The van der Waals surface area contributed by atoms with Gasteiger partial charge in [-0.1, -0.05) is 38.5 Å². The summed E-state index contributed by atoms with van der Waals surface area (Å²) in [5, 5.41) is 0. The molecule has 0 unspecified atom stereocenters. The Bertz CT molecular complexity index is 586. The molecule has 4 heteroatoms. The molecule has 2 N–H and O–H groups in total. The highest BCUT2D eigenvalue weighted by molar-refractivity contribution is 5.41. The van der Waals surface area contributed by atoms with E-state index in [0.29, 0.717) is 12.4 Å². The summed E-state index contributed by atoms with van der Waals surface area (Å²) in [6, 6.07) is 6.24. The van der Waals surface area contributed by atoms with Crippen LogP contribution in [0.3, 0.4) is 0 Å². The number of hydrogen-bond acceptors (Lipinski definition) is 4. The van der Waals surface area contributed by atoms with E-state index in [2.05, 4.69) is 49.8 Å². The molecule has 0 atom stereocenters. The number of nitrogens with two attached hydrogens (primary N) is 1. The Labute approximate surface area is 120 Å². The lowest BCUT2D eigenvalue weighted by molar-refractivity contribution is 0.292. The molecule has 0 amide bonds. The molecule has 2 aromatic rings. The minimum atomic E-state index is 0.0359. The van der Waals surface area contributed by atoms with E-state index in [-0.39, 0.29) is 5.41 Å². The summed E-state index contributed by atoms with van der Waals surface area (Å²) >= 11 is 0. The van der Waals surface area contributed by atoms with Gasteiger partial charge in [0.1, 0.15) is 18.2 Å². The summed E-state index contributed by atoms with van der Waals surface area (Å²) in [5.41, 5.74) is 8.74. The molecule has 0 fully saturated rings. The van der Waals surface area contributed by atoms with E-state index in [4.69, 9.17) is 10.5 Å². The number of hydrogen-bond donors (Lipinski definition) is 1. The van der Waals surface area contributed by atoms with Gasteiger partial charge in [-0.15, -0.1) is 0 Å². The first-order valence-electron chi connectivity index (χ1n) is 6.66. The molecular weight excluding hydrogens is 250 g/mol.